The minimum Gasteiger partial charge on any atom is -0.460 e. The number of hydrogen-bond acceptors (Lipinski definition) is 25. The van der Waals surface area contributed by atoms with Crippen LogP contribution in [0.1, 0.15) is 41.5 Å². The van der Waals surface area contributed by atoms with Gasteiger partial charge < -0.3 is 92.2 Å². The first-order valence-electron chi connectivity index (χ1n) is 24.1. The topological polar surface area (TPSA) is 344 Å². The second kappa shape index (κ2) is 39.2. The fourth-order valence-electron chi connectivity index (χ4n) is 5.51. The molecule has 0 aliphatic rings. The summed E-state index contributed by atoms with van der Waals surface area (Å²) in [4.78, 5) is 72.2. The minimum absolute atomic E-state index is 0.0786. The molecule has 77 heavy (non-hydrogen) atoms. The number of aliphatic hydroxyl groups is 6. The van der Waals surface area contributed by atoms with E-state index in [0.717, 1.165) is 0 Å². The van der Waals surface area contributed by atoms with Gasteiger partial charge in [-0.3, -0.25) is 0 Å². The molecule has 0 aromatic rings. The highest BCUT2D eigenvalue weighted by molar-refractivity contribution is 5.88. The van der Waals surface area contributed by atoms with Gasteiger partial charge in [-0.1, -0.05) is 39.5 Å². The molecule has 0 heterocycles. The summed E-state index contributed by atoms with van der Waals surface area (Å²) < 4.78 is 72.3. The Morgan fingerprint density at radius 2 is 0.403 bits per heavy atom. The molecule has 6 N–H and O–H groups in total. The molecule has 6 atom stereocenters. The summed E-state index contributed by atoms with van der Waals surface area (Å²) in [6.45, 7) is 20.7. The number of ether oxygens (including phenoxy) is 13. The zero-order valence-electron chi connectivity index (χ0n) is 45.3. The van der Waals surface area contributed by atoms with Gasteiger partial charge in [0.05, 0.1) is 103 Å². The monoisotopic (exact) mass is 1110 g/mol. The van der Waals surface area contributed by atoms with Gasteiger partial charge in [-0.2, -0.15) is 0 Å². The maximum atomic E-state index is 12.0. The lowest BCUT2D eigenvalue weighted by Crippen LogP contribution is -2.47. The van der Waals surface area contributed by atoms with Crippen LogP contribution in [0.4, 0.5) is 0 Å². The highest BCUT2D eigenvalue weighted by Crippen LogP contribution is 2.26. The number of carbonyl (C=O) groups is 6. The number of esters is 6. The minimum atomic E-state index is -1.49. The fourth-order valence-corrected chi connectivity index (χ4v) is 5.51. The van der Waals surface area contributed by atoms with Gasteiger partial charge in [0.15, 0.2) is 0 Å². The molecule has 0 saturated heterocycles. The lowest BCUT2D eigenvalue weighted by molar-refractivity contribution is -0.164. The van der Waals surface area contributed by atoms with Crippen LogP contribution < -0.4 is 0 Å². The molecule has 0 spiro atoms. The Labute approximate surface area is 449 Å². The Hall–Kier alpha value is -5.26. The summed E-state index contributed by atoms with van der Waals surface area (Å²) in [5.41, 5.74) is -2.50. The largest absolute Gasteiger partial charge is 0.460 e. The highest BCUT2D eigenvalue weighted by atomic mass is 16.6. The summed E-state index contributed by atoms with van der Waals surface area (Å²) in [6, 6.07) is 0. The number of aliphatic hydroxyl groups excluding tert-OH is 6. The second-order valence-electron chi connectivity index (χ2n) is 18.8. The first-order chi connectivity index (χ1) is 36.0. The van der Waals surface area contributed by atoms with Gasteiger partial charge in [0, 0.05) is 33.4 Å². The van der Waals surface area contributed by atoms with E-state index in [0.29, 0.717) is 0 Å². The van der Waals surface area contributed by atoms with Gasteiger partial charge in [-0.25, -0.2) is 28.8 Å². The van der Waals surface area contributed by atoms with E-state index in [4.69, 9.17) is 61.6 Å². The molecule has 0 saturated carbocycles. The molecule has 0 radical (unpaired) electrons. The summed E-state index contributed by atoms with van der Waals surface area (Å²) in [7, 11) is 0. The van der Waals surface area contributed by atoms with Crippen molar-refractivity contribution in [3.05, 3.63) is 72.9 Å². The standard InChI is InChI=1S/C52H82O25/c1-33(2)45(59)72-19-39(53)13-65-25-51(26-66-14-40(54)20-73-46(60)34(3)4,27-67-15-41(55)21-74-47(61)35(5)6)31-71-32-52(28-68-16-42(56)22-75-48(62)36(7)8,29-69-17-43(57)23-76-49(63)37(9)10)30-70-18-44(58)24-77-50(64)38(11)12/h39-44,53-58H,1,3,5,7,9,11,13-32H2,2,4,6,8,10,12H3. The van der Waals surface area contributed by atoms with E-state index in [9.17, 15) is 59.4 Å². The molecule has 25 nitrogen and oxygen atoms in total. The van der Waals surface area contributed by atoms with Crippen LogP contribution in [0.2, 0.25) is 0 Å². The van der Waals surface area contributed by atoms with Crippen molar-refractivity contribution in [1.82, 2.24) is 0 Å². The first-order valence-corrected chi connectivity index (χ1v) is 24.1. The lowest BCUT2D eigenvalue weighted by atomic mass is 9.90. The molecule has 0 aromatic carbocycles. The van der Waals surface area contributed by atoms with E-state index in [1.54, 1.807) is 0 Å². The molecule has 6 unspecified atom stereocenters. The molecular formula is C52H82O25. The van der Waals surface area contributed by atoms with Crippen molar-refractivity contribution in [2.24, 2.45) is 10.8 Å². The maximum absolute atomic E-state index is 12.0. The molecule has 0 fully saturated rings. The van der Waals surface area contributed by atoms with Gasteiger partial charge in [0.2, 0.25) is 0 Å². The maximum Gasteiger partial charge on any atom is 0.333 e. The Bertz CT molecular complexity index is 1590. The SMILES string of the molecule is C=C(C)C(=O)OCC(O)COCC(COCC(O)COC(=O)C(=C)C)(COCC(O)COC(=O)C(=C)C)COCC(COCC(O)COC(=O)C(=C)C)(COCC(O)COC(=O)C(=C)C)COCC(O)COC(=O)C(=C)C. The Morgan fingerprint density at radius 1 is 0.273 bits per heavy atom. The molecule has 0 aliphatic carbocycles. The average molecular weight is 1110 g/mol. The van der Waals surface area contributed by atoms with Crippen molar-refractivity contribution in [3.8, 4) is 0 Å². The van der Waals surface area contributed by atoms with Crippen LogP contribution in [0.3, 0.4) is 0 Å². The summed E-state index contributed by atoms with van der Waals surface area (Å²) >= 11 is 0. The van der Waals surface area contributed by atoms with Crippen molar-refractivity contribution in [2.75, 3.05) is 132 Å². The number of hydrogen-bond donors (Lipinski definition) is 6. The van der Waals surface area contributed by atoms with E-state index in [2.05, 4.69) is 39.5 Å². The summed E-state index contributed by atoms with van der Waals surface area (Å²) in [5, 5.41) is 64.2. The molecule has 0 bridgehead atoms. The van der Waals surface area contributed by atoms with Crippen LogP contribution in [-0.4, -0.2) is 235 Å². The van der Waals surface area contributed by atoms with E-state index < -0.39 is 215 Å². The van der Waals surface area contributed by atoms with E-state index in [-0.39, 0.29) is 33.4 Å². The predicted molar refractivity (Wildman–Crippen MR) is 271 cm³/mol. The normalized spacial score (nSPS) is 15.1. The third-order valence-electron chi connectivity index (χ3n) is 9.66. The van der Waals surface area contributed by atoms with Gasteiger partial charge >= 0.3 is 35.8 Å². The van der Waals surface area contributed by atoms with Crippen molar-refractivity contribution < 1.29 is 121 Å². The summed E-state index contributed by atoms with van der Waals surface area (Å²) in [6.07, 6.45) is -8.21. The molecule has 25 heteroatoms. The zero-order valence-corrected chi connectivity index (χ0v) is 45.3. The van der Waals surface area contributed by atoms with E-state index >= 15 is 0 Å². The van der Waals surface area contributed by atoms with Crippen molar-refractivity contribution in [3.63, 3.8) is 0 Å². The van der Waals surface area contributed by atoms with Crippen LogP contribution in [-0.2, 0) is 90.3 Å². The molecule has 440 valence electrons. The lowest BCUT2D eigenvalue weighted by Gasteiger charge is -2.37. The quantitative estimate of drug-likeness (QED) is 0.0264. The Morgan fingerprint density at radius 3 is 0.532 bits per heavy atom. The molecule has 0 amide bonds. The molecule has 0 aromatic heterocycles. The summed E-state index contributed by atoms with van der Waals surface area (Å²) in [5.74, 6) is -4.60. The zero-order chi connectivity index (χ0) is 58.7. The third kappa shape index (κ3) is 34.3. The molecular weight excluding hydrogens is 1020 g/mol. The van der Waals surface area contributed by atoms with Crippen LogP contribution in [0, 0.1) is 10.8 Å². The van der Waals surface area contributed by atoms with Crippen molar-refractivity contribution in [2.45, 2.75) is 78.2 Å². The van der Waals surface area contributed by atoms with Gasteiger partial charge in [0.25, 0.3) is 0 Å². The molecule has 0 aliphatic heterocycles. The Balaban J connectivity index is 7.26. The Kier molecular flexibility index (Phi) is 36.5. The van der Waals surface area contributed by atoms with Crippen LogP contribution in [0.15, 0.2) is 72.9 Å². The smallest absolute Gasteiger partial charge is 0.333 e. The fraction of sp³-hybridized carbons (Fsp3) is 0.654. The number of rotatable bonds is 46. The van der Waals surface area contributed by atoms with Crippen LogP contribution in [0.5, 0.6) is 0 Å². The van der Waals surface area contributed by atoms with E-state index in [1.165, 1.54) is 41.5 Å². The highest BCUT2D eigenvalue weighted by Gasteiger charge is 2.38. The average Bonchev–Trinajstić information content (AvgIpc) is 3.36. The van der Waals surface area contributed by atoms with E-state index in [1.807, 2.05) is 0 Å². The van der Waals surface area contributed by atoms with Crippen LogP contribution in [0.25, 0.3) is 0 Å². The van der Waals surface area contributed by atoms with Crippen LogP contribution >= 0.6 is 0 Å². The van der Waals surface area contributed by atoms with Gasteiger partial charge in [0.1, 0.15) is 76.3 Å². The first kappa shape index (κ1) is 71.7. The van der Waals surface area contributed by atoms with Crippen molar-refractivity contribution in [1.29, 1.82) is 0 Å². The van der Waals surface area contributed by atoms with Gasteiger partial charge in [-0.05, 0) is 41.5 Å². The van der Waals surface area contributed by atoms with Gasteiger partial charge in [-0.15, -0.1) is 0 Å². The van der Waals surface area contributed by atoms with Crippen molar-refractivity contribution >= 4 is 35.8 Å². The number of carbonyl (C=O) groups excluding carboxylic acids is 6. The predicted octanol–water partition coefficient (Wildman–Crippen LogP) is -0.0434. The third-order valence-corrected chi connectivity index (χ3v) is 9.66. The second-order valence-corrected chi connectivity index (χ2v) is 18.8. The molecule has 0 rings (SSSR count).